The first-order chi connectivity index (χ1) is 12.4. The average Bonchev–Trinajstić information content (AvgIpc) is 2.60. The summed E-state index contributed by atoms with van der Waals surface area (Å²) in [6.45, 7) is 3.68. The van der Waals surface area contributed by atoms with E-state index >= 15 is 0 Å². The molecule has 0 aliphatic heterocycles. The molecule has 8 heteroatoms. The Morgan fingerprint density at radius 3 is 2.77 bits per heavy atom. The smallest absolute Gasteiger partial charge is 0.262 e. The summed E-state index contributed by atoms with van der Waals surface area (Å²) in [5, 5.41) is 9.96. The molecule has 2 N–H and O–H groups in total. The summed E-state index contributed by atoms with van der Waals surface area (Å²) in [4.78, 5) is 29.6. The van der Waals surface area contributed by atoms with Crippen molar-refractivity contribution in [3.8, 4) is 6.07 Å². The third kappa shape index (κ3) is 4.12. The molecule has 2 rings (SSSR count). The number of para-hydroxylation sites is 1. The Kier molecular flexibility index (Phi) is 6.55. The van der Waals surface area contributed by atoms with Crippen LogP contribution in [0, 0.1) is 11.3 Å². The molecule has 1 atom stereocenters. The standard InChI is InChI=1S/C18H20N4O3S/c1-11(9-25-3)22-17(24)13-6-4-5-7-15(13)21-18(22)26-10-16(23)14(8-19)12(2)20/h4-7,11H,9-10,20H2,1-3H3/b14-12-. The lowest BCUT2D eigenvalue weighted by Crippen LogP contribution is -2.28. The molecular formula is C18H20N4O3S. The second-order valence-electron chi connectivity index (χ2n) is 5.77. The number of fused-ring (bicyclic) bond motifs is 1. The van der Waals surface area contributed by atoms with Crippen LogP contribution < -0.4 is 11.3 Å². The third-order valence-electron chi connectivity index (χ3n) is 3.74. The number of hydrogen-bond acceptors (Lipinski definition) is 7. The van der Waals surface area contributed by atoms with Crippen molar-refractivity contribution in [1.29, 1.82) is 5.26 Å². The Balaban J connectivity index is 2.47. The van der Waals surface area contributed by atoms with Crippen LogP contribution in [-0.2, 0) is 9.53 Å². The van der Waals surface area contributed by atoms with Crippen LogP contribution in [0.3, 0.4) is 0 Å². The number of ether oxygens (including phenoxy) is 1. The molecule has 1 aromatic carbocycles. The molecule has 0 spiro atoms. The molecule has 26 heavy (non-hydrogen) atoms. The van der Waals surface area contributed by atoms with Crippen molar-refractivity contribution in [1.82, 2.24) is 9.55 Å². The normalized spacial score (nSPS) is 13.2. The lowest BCUT2D eigenvalue weighted by atomic mass is 10.2. The minimum atomic E-state index is -0.397. The number of nitriles is 1. The van der Waals surface area contributed by atoms with E-state index in [1.165, 1.54) is 11.5 Å². The topological polar surface area (TPSA) is 111 Å². The lowest BCUT2D eigenvalue weighted by molar-refractivity contribution is -0.112. The number of thioether (sulfide) groups is 1. The summed E-state index contributed by atoms with van der Waals surface area (Å²) < 4.78 is 6.68. The molecule has 0 bridgehead atoms. The van der Waals surface area contributed by atoms with Crippen LogP contribution >= 0.6 is 11.8 Å². The van der Waals surface area contributed by atoms with Gasteiger partial charge in [-0.25, -0.2) is 4.98 Å². The van der Waals surface area contributed by atoms with Gasteiger partial charge in [-0.15, -0.1) is 0 Å². The van der Waals surface area contributed by atoms with Crippen LogP contribution in [0.1, 0.15) is 19.9 Å². The number of hydrogen-bond donors (Lipinski definition) is 1. The fourth-order valence-electron chi connectivity index (χ4n) is 2.50. The summed E-state index contributed by atoms with van der Waals surface area (Å²) in [5.74, 6) is -0.437. The zero-order valence-corrected chi connectivity index (χ0v) is 15.7. The van der Waals surface area contributed by atoms with Crippen molar-refractivity contribution < 1.29 is 9.53 Å². The van der Waals surface area contributed by atoms with Gasteiger partial charge in [-0.2, -0.15) is 5.26 Å². The highest BCUT2D eigenvalue weighted by Gasteiger charge is 2.19. The Morgan fingerprint density at radius 2 is 2.15 bits per heavy atom. The van der Waals surface area contributed by atoms with E-state index in [4.69, 9.17) is 15.7 Å². The summed E-state index contributed by atoms with van der Waals surface area (Å²) in [6.07, 6.45) is 0. The maximum atomic E-state index is 12.9. The first-order valence-electron chi connectivity index (χ1n) is 7.93. The molecule has 0 aliphatic carbocycles. The van der Waals surface area contributed by atoms with Crippen molar-refractivity contribution in [3.63, 3.8) is 0 Å². The third-order valence-corrected chi connectivity index (χ3v) is 4.69. The fourth-order valence-corrected chi connectivity index (χ4v) is 3.47. The van der Waals surface area contributed by atoms with Crippen molar-refractivity contribution >= 4 is 28.4 Å². The van der Waals surface area contributed by atoms with Gasteiger partial charge in [0.15, 0.2) is 10.9 Å². The number of ketones is 1. The van der Waals surface area contributed by atoms with Crippen LogP contribution in [0.4, 0.5) is 0 Å². The van der Waals surface area contributed by atoms with Crippen molar-refractivity contribution in [2.24, 2.45) is 5.73 Å². The van der Waals surface area contributed by atoms with Gasteiger partial charge in [0, 0.05) is 12.8 Å². The summed E-state index contributed by atoms with van der Waals surface area (Å²) in [7, 11) is 1.56. The molecule has 0 saturated heterocycles. The van der Waals surface area contributed by atoms with Crippen molar-refractivity contribution in [3.05, 3.63) is 45.9 Å². The molecule has 1 unspecified atom stereocenters. The van der Waals surface area contributed by atoms with E-state index in [1.807, 2.05) is 13.0 Å². The Bertz CT molecular complexity index is 955. The van der Waals surface area contributed by atoms with Crippen LogP contribution in [0.2, 0.25) is 0 Å². The van der Waals surface area contributed by atoms with Crippen LogP contribution in [-0.4, -0.2) is 34.8 Å². The summed E-state index contributed by atoms with van der Waals surface area (Å²) in [5.41, 5.74) is 6.04. The Morgan fingerprint density at radius 1 is 1.46 bits per heavy atom. The highest BCUT2D eigenvalue weighted by atomic mass is 32.2. The zero-order valence-electron chi connectivity index (χ0n) is 14.9. The van der Waals surface area contributed by atoms with E-state index in [0.29, 0.717) is 22.7 Å². The summed E-state index contributed by atoms with van der Waals surface area (Å²) >= 11 is 1.11. The van der Waals surface area contributed by atoms with Gasteiger partial charge in [-0.1, -0.05) is 23.9 Å². The average molecular weight is 372 g/mol. The van der Waals surface area contributed by atoms with Crippen LogP contribution in [0.5, 0.6) is 0 Å². The minimum absolute atomic E-state index is 0.0398. The van der Waals surface area contributed by atoms with Gasteiger partial charge in [-0.3, -0.25) is 14.2 Å². The molecule has 1 heterocycles. The molecule has 7 nitrogen and oxygen atoms in total. The van der Waals surface area contributed by atoms with E-state index < -0.39 is 5.78 Å². The van der Waals surface area contributed by atoms with Gasteiger partial charge in [0.1, 0.15) is 11.6 Å². The van der Waals surface area contributed by atoms with Crippen molar-refractivity contribution in [2.45, 2.75) is 25.0 Å². The molecule has 0 saturated carbocycles. The maximum absolute atomic E-state index is 12.9. The number of rotatable bonds is 7. The fraction of sp³-hybridized carbons (Fsp3) is 0.333. The molecule has 2 aromatic rings. The first kappa shape index (κ1) is 19.7. The molecule has 0 aliphatic rings. The van der Waals surface area contributed by atoms with Gasteiger partial charge in [0.25, 0.3) is 5.56 Å². The second kappa shape index (κ2) is 8.65. The van der Waals surface area contributed by atoms with Gasteiger partial charge < -0.3 is 10.5 Å². The van der Waals surface area contributed by atoms with E-state index in [0.717, 1.165) is 11.8 Å². The monoisotopic (exact) mass is 372 g/mol. The maximum Gasteiger partial charge on any atom is 0.262 e. The van der Waals surface area contributed by atoms with E-state index in [2.05, 4.69) is 4.98 Å². The Labute approximate surface area is 155 Å². The SMILES string of the molecule is COCC(C)n1c(SCC(=O)/C(C#N)=C(/C)N)nc2ccccc2c1=O. The highest BCUT2D eigenvalue weighted by molar-refractivity contribution is 7.99. The molecule has 0 fully saturated rings. The number of allylic oxidation sites excluding steroid dienone is 2. The highest BCUT2D eigenvalue weighted by Crippen LogP contribution is 2.22. The zero-order chi connectivity index (χ0) is 19.3. The number of nitrogens with zero attached hydrogens (tertiary/aromatic N) is 3. The van der Waals surface area contributed by atoms with Crippen molar-refractivity contribution in [2.75, 3.05) is 19.5 Å². The second-order valence-corrected chi connectivity index (χ2v) is 6.72. The molecule has 0 amide bonds. The molecular weight excluding hydrogens is 352 g/mol. The quantitative estimate of drug-likeness (QED) is 0.342. The molecule has 1 aromatic heterocycles. The number of carbonyl (C=O) groups excluding carboxylic acids is 1. The van der Waals surface area contributed by atoms with E-state index in [9.17, 15) is 9.59 Å². The molecule has 136 valence electrons. The number of Topliss-reactive ketones (excluding diaryl/α,β-unsaturated/α-hetero) is 1. The largest absolute Gasteiger partial charge is 0.401 e. The number of nitrogens with two attached hydrogens (primary N) is 1. The summed E-state index contributed by atoms with van der Waals surface area (Å²) in [6, 6.07) is 8.60. The van der Waals surface area contributed by atoms with Crippen LogP contribution in [0.25, 0.3) is 10.9 Å². The predicted octanol–water partition coefficient (Wildman–Crippen LogP) is 2.02. The Hall–Kier alpha value is -2.63. The number of aromatic nitrogens is 2. The van der Waals surface area contributed by atoms with Crippen LogP contribution in [0.15, 0.2) is 45.5 Å². The predicted molar refractivity (Wildman–Crippen MR) is 101 cm³/mol. The van der Waals surface area contributed by atoms with Gasteiger partial charge >= 0.3 is 0 Å². The first-order valence-corrected chi connectivity index (χ1v) is 8.91. The number of benzene rings is 1. The van der Waals surface area contributed by atoms with Gasteiger partial charge in [0.05, 0.1) is 29.3 Å². The van der Waals surface area contributed by atoms with E-state index in [-0.39, 0.29) is 28.6 Å². The molecule has 0 radical (unpaired) electrons. The van der Waals surface area contributed by atoms with Gasteiger partial charge in [-0.05, 0) is 26.0 Å². The number of carbonyl (C=O) groups is 1. The van der Waals surface area contributed by atoms with E-state index in [1.54, 1.807) is 31.4 Å². The minimum Gasteiger partial charge on any atom is -0.401 e. The lowest BCUT2D eigenvalue weighted by Gasteiger charge is -2.18. The number of methoxy groups -OCH3 is 1. The van der Waals surface area contributed by atoms with Gasteiger partial charge in [0.2, 0.25) is 0 Å².